The topological polar surface area (TPSA) is 8.17 Å². The zero-order valence-electron chi connectivity index (χ0n) is 13.3. The van der Waals surface area contributed by atoms with Crippen LogP contribution < -0.4 is 0 Å². The molecule has 3 aromatic rings. The fourth-order valence-corrected chi connectivity index (χ4v) is 3.62. The maximum Gasteiger partial charge on any atom is 0.0482 e. The summed E-state index contributed by atoms with van der Waals surface area (Å²) in [5.41, 5.74) is 2.80. The third kappa shape index (κ3) is 3.44. The Kier molecular flexibility index (Phi) is 5.04. The Morgan fingerprint density at radius 3 is 2.30 bits per heavy atom. The highest BCUT2D eigenvalue weighted by atomic mass is 35.5. The van der Waals surface area contributed by atoms with Crippen molar-refractivity contribution in [2.24, 2.45) is 0 Å². The van der Waals surface area contributed by atoms with Gasteiger partial charge in [0.2, 0.25) is 0 Å². The predicted molar refractivity (Wildman–Crippen MR) is 99.2 cm³/mol. The summed E-state index contributed by atoms with van der Waals surface area (Å²) in [7, 11) is 0. The fraction of sp³-hybridized carbons (Fsp3) is 0.300. The van der Waals surface area contributed by atoms with Gasteiger partial charge in [-0.3, -0.25) is 4.90 Å². The SMILES string of the molecule is Cl.c1ccc(CN2CCC(n3ccc4ccccc43)CC2)cc1. The van der Waals surface area contributed by atoms with Gasteiger partial charge in [-0.2, -0.15) is 0 Å². The van der Waals surface area contributed by atoms with Gasteiger partial charge in [-0.1, -0.05) is 48.5 Å². The highest BCUT2D eigenvalue weighted by molar-refractivity contribution is 5.85. The van der Waals surface area contributed by atoms with E-state index in [9.17, 15) is 0 Å². The second-order valence-electron chi connectivity index (χ2n) is 6.27. The summed E-state index contributed by atoms with van der Waals surface area (Å²) < 4.78 is 2.48. The third-order valence-electron chi connectivity index (χ3n) is 4.83. The lowest BCUT2D eigenvalue weighted by atomic mass is 10.0. The lowest BCUT2D eigenvalue weighted by molar-refractivity contribution is 0.181. The molecule has 0 N–H and O–H groups in total. The lowest BCUT2D eigenvalue weighted by Gasteiger charge is -2.33. The van der Waals surface area contributed by atoms with Crippen LogP contribution in [0.4, 0.5) is 0 Å². The van der Waals surface area contributed by atoms with Crippen molar-refractivity contribution in [1.29, 1.82) is 0 Å². The van der Waals surface area contributed by atoms with Crippen LogP contribution in [0.15, 0.2) is 66.9 Å². The Morgan fingerprint density at radius 1 is 0.826 bits per heavy atom. The molecule has 1 aromatic heterocycles. The molecule has 0 atom stereocenters. The Hall–Kier alpha value is -1.77. The molecule has 0 aliphatic carbocycles. The van der Waals surface area contributed by atoms with Crippen molar-refractivity contribution in [2.75, 3.05) is 13.1 Å². The molecule has 0 bridgehead atoms. The number of rotatable bonds is 3. The summed E-state index contributed by atoms with van der Waals surface area (Å²) in [5.74, 6) is 0. The second kappa shape index (κ2) is 7.20. The quantitative estimate of drug-likeness (QED) is 0.664. The van der Waals surface area contributed by atoms with E-state index in [2.05, 4.69) is 76.3 Å². The van der Waals surface area contributed by atoms with Crippen molar-refractivity contribution in [3.05, 3.63) is 72.4 Å². The van der Waals surface area contributed by atoms with E-state index in [1.807, 2.05) is 0 Å². The van der Waals surface area contributed by atoms with Crippen LogP contribution in [0.3, 0.4) is 0 Å². The van der Waals surface area contributed by atoms with Crippen LogP contribution in [0.5, 0.6) is 0 Å². The summed E-state index contributed by atoms with van der Waals surface area (Å²) >= 11 is 0. The molecule has 0 radical (unpaired) electrons. The molecule has 0 saturated carbocycles. The van der Waals surface area contributed by atoms with Gasteiger partial charge < -0.3 is 4.57 Å². The third-order valence-corrected chi connectivity index (χ3v) is 4.83. The van der Waals surface area contributed by atoms with E-state index in [4.69, 9.17) is 0 Å². The van der Waals surface area contributed by atoms with Crippen molar-refractivity contribution in [1.82, 2.24) is 9.47 Å². The molecule has 3 heteroatoms. The van der Waals surface area contributed by atoms with Crippen molar-refractivity contribution in [3.8, 4) is 0 Å². The Balaban J connectivity index is 0.00000156. The van der Waals surface area contributed by atoms with Crippen molar-refractivity contribution in [3.63, 3.8) is 0 Å². The van der Waals surface area contributed by atoms with Gasteiger partial charge in [0.1, 0.15) is 0 Å². The van der Waals surface area contributed by atoms with Gasteiger partial charge in [-0.25, -0.2) is 0 Å². The summed E-state index contributed by atoms with van der Waals surface area (Å²) in [5, 5.41) is 1.36. The number of hydrogen-bond acceptors (Lipinski definition) is 1. The van der Waals surface area contributed by atoms with Crippen LogP contribution in [-0.4, -0.2) is 22.6 Å². The largest absolute Gasteiger partial charge is 0.344 e. The van der Waals surface area contributed by atoms with E-state index in [1.54, 1.807) is 0 Å². The van der Waals surface area contributed by atoms with Crippen LogP contribution in [0.25, 0.3) is 10.9 Å². The minimum absolute atomic E-state index is 0. The molecule has 0 spiro atoms. The number of nitrogens with zero attached hydrogens (tertiary/aromatic N) is 2. The monoisotopic (exact) mass is 326 g/mol. The molecule has 1 aliphatic heterocycles. The maximum atomic E-state index is 2.58. The molecule has 1 fully saturated rings. The number of halogens is 1. The smallest absolute Gasteiger partial charge is 0.0482 e. The van der Waals surface area contributed by atoms with Gasteiger partial charge in [0.05, 0.1) is 0 Å². The van der Waals surface area contributed by atoms with E-state index in [1.165, 1.54) is 42.4 Å². The molecule has 1 aliphatic rings. The number of para-hydroxylation sites is 1. The first kappa shape index (κ1) is 16.1. The molecular weight excluding hydrogens is 304 g/mol. The number of benzene rings is 2. The van der Waals surface area contributed by atoms with Crippen molar-refractivity contribution >= 4 is 23.3 Å². The lowest BCUT2D eigenvalue weighted by Crippen LogP contribution is -2.34. The number of fused-ring (bicyclic) bond motifs is 1. The molecule has 2 nitrogen and oxygen atoms in total. The van der Waals surface area contributed by atoms with Gasteiger partial charge in [0.15, 0.2) is 0 Å². The van der Waals surface area contributed by atoms with E-state index >= 15 is 0 Å². The molecule has 0 unspecified atom stereocenters. The summed E-state index contributed by atoms with van der Waals surface area (Å²) in [6.07, 6.45) is 4.75. The van der Waals surface area contributed by atoms with Gasteiger partial charge >= 0.3 is 0 Å². The van der Waals surface area contributed by atoms with E-state index in [0.717, 1.165) is 6.54 Å². The molecular formula is C20H23ClN2. The number of aromatic nitrogens is 1. The number of piperidine rings is 1. The first-order valence-corrected chi connectivity index (χ1v) is 8.22. The summed E-state index contributed by atoms with van der Waals surface area (Å²) in [4.78, 5) is 2.58. The maximum absolute atomic E-state index is 2.58. The van der Waals surface area contributed by atoms with Crippen molar-refractivity contribution < 1.29 is 0 Å². The van der Waals surface area contributed by atoms with E-state index in [0.29, 0.717) is 6.04 Å². The standard InChI is InChI=1S/C20H22N2.ClH/c1-2-6-17(7-3-1)16-21-13-11-19(12-14-21)22-15-10-18-8-4-5-9-20(18)22;/h1-10,15,19H,11-14,16H2;1H. The highest BCUT2D eigenvalue weighted by Crippen LogP contribution is 2.28. The Morgan fingerprint density at radius 2 is 1.52 bits per heavy atom. The molecule has 23 heavy (non-hydrogen) atoms. The van der Waals surface area contributed by atoms with E-state index in [-0.39, 0.29) is 12.4 Å². The molecule has 2 heterocycles. The molecule has 1 saturated heterocycles. The highest BCUT2D eigenvalue weighted by Gasteiger charge is 2.21. The van der Waals surface area contributed by atoms with Crippen molar-refractivity contribution in [2.45, 2.75) is 25.4 Å². The summed E-state index contributed by atoms with van der Waals surface area (Å²) in [6.45, 7) is 3.46. The normalized spacial score (nSPS) is 16.3. The van der Waals surface area contributed by atoms with Gasteiger partial charge in [0.25, 0.3) is 0 Å². The van der Waals surface area contributed by atoms with Crippen LogP contribution in [-0.2, 0) is 6.54 Å². The average molecular weight is 327 g/mol. The zero-order valence-corrected chi connectivity index (χ0v) is 14.1. The summed E-state index contributed by atoms with van der Waals surface area (Å²) in [6, 6.07) is 22.4. The second-order valence-corrected chi connectivity index (χ2v) is 6.27. The predicted octanol–water partition coefficient (Wildman–Crippen LogP) is 4.90. The van der Waals surface area contributed by atoms with Gasteiger partial charge in [-0.05, 0) is 35.9 Å². The van der Waals surface area contributed by atoms with Crippen LogP contribution in [0.1, 0.15) is 24.4 Å². The first-order chi connectivity index (χ1) is 10.9. The minimum atomic E-state index is 0. The molecule has 4 rings (SSSR count). The van der Waals surface area contributed by atoms with Gasteiger partial charge in [0, 0.05) is 37.4 Å². The van der Waals surface area contributed by atoms with E-state index < -0.39 is 0 Å². The van der Waals surface area contributed by atoms with Gasteiger partial charge in [-0.15, -0.1) is 12.4 Å². The molecule has 2 aromatic carbocycles. The number of likely N-dealkylation sites (tertiary alicyclic amines) is 1. The number of hydrogen-bond donors (Lipinski definition) is 0. The Bertz CT molecular complexity index is 742. The average Bonchev–Trinajstić information content (AvgIpc) is 3.01. The van der Waals surface area contributed by atoms with Crippen LogP contribution >= 0.6 is 12.4 Å². The fourth-order valence-electron chi connectivity index (χ4n) is 3.62. The van der Waals surface area contributed by atoms with Crippen LogP contribution in [0.2, 0.25) is 0 Å². The first-order valence-electron chi connectivity index (χ1n) is 8.22. The minimum Gasteiger partial charge on any atom is -0.344 e. The van der Waals surface area contributed by atoms with Crippen LogP contribution in [0, 0.1) is 0 Å². The zero-order chi connectivity index (χ0) is 14.8. The molecule has 0 amide bonds. The molecule has 120 valence electrons. The Labute approximate surface area is 144 Å².